The van der Waals surface area contributed by atoms with E-state index in [9.17, 15) is 0 Å². The number of furan rings is 1. The molecule has 1 N–H and O–H groups in total. The summed E-state index contributed by atoms with van der Waals surface area (Å²) < 4.78 is 5.37. The Morgan fingerprint density at radius 1 is 1.33 bits per heavy atom. The lowest BCUT2D eigenvalue weighted by molar-refractivity contribution is 0.203. The summed E-state index contributed by atoms with van der Waals surface area (Å²) >= 11 is 0. The Morgan fingerprint density at radius 2 is 2.19 bits per heavy atom. The number of rotatable bonds is 3. The Bertz CT molecular complexity index is 460. The molecule has 3 rings (SSSR count). The van der Waals surface area contributed by atoms with Gasteiger partial charge in [-0.25, -0.2) is 0 Å². The van der Waals surface area contributed by atoms with E-state index in [2.05, 4.69) is 15.2 Å². The van der Waals surface area contributed by atoms with Crippen LogP contribution in [0.4, 0.5) is 0 Å². The Morgan fingerprint density at radius 3 is 2.90 bits per heavy atom. The van der Waals surface area contributed by atoms with Crippen LogP contribution in [0.1, 0.15) is 44.3 Å². The number of hydrogen-bond donors (Lipinski definition) is 1. The van der Waals surface area contributed by atoms with Gasteiger partial charge in [-0.1, -0.05) is 19.3 Å². The molecule has 0 aromatic carbocycles. The van der Waals surface area contributed by atoms with Crippen molar-refractivity contribution < 1.29 is 4.42 Å². The van der Waals surface area contributed by atoms with Crippen LogP contribution in [0.25, 0.3) is 0 Å². The molecule has 1 aliphatic heterocycles. The van der Waals surface area contributed by atoms with Gasteiger partial charge in [0.2, 0.25) is 0 Å². The molecule has 0 radical (unpaired) electrons. The van der Waals surface area contributed by atoms with Crippen LogP contribution in [0.3, 0.4) is 0 Å². The van der Waals surface area contributed by atoms with Crippen molar-refractivity contribution >= 4 is 5.96 Å². The van der Waals surface area contributed by atoms with E-state index in [0.717, 1.165) is 31.2 Å². The second kappa shape index (κ2) is 6.54. The molecule has 0 bridgehead atoms. The van der Waals surface area contributed by atoms with Crippen molar-refractivity contribution in [2.75, 3.05) is 26.7 Å². The molecule has 0 amide bonds. The lowest BCUT2D eigenvalue weighted by Crippen LogP contribution is -2.42. The SMILES string of the molecule is CN=C(NCCc1ccco1)N1CCC2(CCCCC2)C1. The largest absolute Gasteiger partial charge is 0.469 e. The summed E-state index contributed by atoms with van der Waals surface area (Å²) in [6, 6.07) is 3.97. The molecule has 1 aromatic rings. The summed E-state index contributed by atoms with van der Waals surface area (Å²) in [6.07, 6.45) is 11.1. The van der Waals surface area contributed by atoms with Crippen LogP contribution in [0.2, 0.25) is 0 Å². The minimum atomic E-state index is 0.580. The van der Waals surface area contributed by atoms with Crippen LogP contribution in [-0.2, 0) is 6.42 Å². The quantitative estimate of drug-likeness (QED) is 0.687. The molecule has 2 heterocycles. The van der Waals surface area contributed by atoms with Crippen LogP contribution in [0, 0.1) is 5.41 Å². The van der Waals surface area contributed by atoms with Crippen molar-refractivity contribution in [3.8, 4) is 0 Å². The number of nitrogens with zero attached hydrogens (tertiary/aromatic N) is 2. The third-order valence-electron chi connectivity index (χ3n) is 5.10. The van der Waals surface area contributed by atoms with Gasteiger partial charge in [-0.05, 0) is 36.8 Å². The van der Waals surface area contributed by atoms with E-state index in [-0.39, 0.29) is 0 Å². The minimum Gasteiger partial charge on any atom is -0.469 e. The first kappa shape index (κ1) is 14.5. The zero-order valence-corrected chi connectivity index (χ0v) is 13.1. The van der Waals surface area contributed by atoms with Crippen molar-refractivity contribution in [1.29, 1.82) is 0 Å². The molecule has 2 fully saturated rings. The van der Waals surface area contributed by atoms with E-state index in [1.807, 2.05) is 19.2 Å². The van der Waals surface area contributed by atoms with E-state index in [4.69, 9.17) is 4.42 Å². The number of aliphatic imine (C=N–C) groups is 1. The first-order valence-corrected chi connectivity index (χ1v) is 8.29. The lowest BCUT2D eigenvalue weighted by atomic mass is 9.73. The lowest BCUT2D eigenvalue weighted by Gasteiger charge is -2.33. The van der Waals surface area contributed by atoms with Gasteiger partial charge in [0.05, 0.1) is 6.26 Å². The molecule has 1 spiro atoms. The fraction of sp³-hybridized carbons (Fsp3) is 0.706. The zero-order chi connectivity index (χ0) is 14.5. The van der Waals surface area contributed by atoms with Gasteiger partial charge in [0.1, 0.15) is 5.76 Å². The smallest absolute Gasteiger partial charge is 0.193 e. The summed E-state index contributed by atoms with van der Waals surface area (Å²) in [5.41, 5.74) is 0.580. The van der Waals surface area contributed by atoms with Gasteiger partial charge >= 0.3 is 0 Å². The van der Waals surface area contributed by atoms with Crippen LogP contribution in [0.5, 0.6) is 0 Å². The van der Waals surface area contributed by atoms with Gasteiger partial charge in [0.25, 0.3) is 0 Å². The highest BCUT2D eigenvalue weighted by Crippen LogP contribution is 2.43. The van der Waals surface area contributed by atoms with E-state index in [1.54, 1.807) is 6.26 Å². The molecule has 21 heavy (non-hydrogen) atoms. The molecule has 4 nitrogen and oxygen atoms in total. The third kappa shape index (κ3) is 3.42. The van der Waals surface area contributed by atoms with E-state index < -0.39 is 0 Å². The Balaban J connectivity index is 1.50. The van der Waals surface area contributed by atoms with Crippen LogP contribution in [0.15, 0.2) is 27.8 Å². The van der Waals surface area contributed by atoms with Crippen molar-refractivity contribution in [3.63, 3.8) is 0 Å². The van der Waals surface area contributed by atoms with Crippen molar-refractivity contribution in [1.82, 2.24) is 10.2 Å². The standard InChI is InChI=1S/C17H27N3O/c1-18-16(19-11-7-15-6-5-13-21-15)20-12-10-17(14-20)8-3-2-4-9-17/h5-6,13H,2-4,7-12,14H2,1H3,(H,18,19). The zero-order valence-electron chi connectivity index (χ0n) is 13.1. The monoisotopic (exact) mass is 289 g/mol. The van der Waals surface area contributed by atoms with Gasteiger partial charge in [-0.15, -0.1) is 0 Å². The summed E-state index contributed by atoms with van der Waals surface area (Å²) in [4.78, 5) is 6.92. The molecule has 2 aliphatic rings. The molecule has 116 valence electrons. The van der Waals surface area contributed by atoms with E-state index >= 15 is 0 Å². The molecular weight excluding hydrogens is 262 g/mol. The summed E-state index contributed by atoms with van der Waals surface area (Å²) in [7, 11) is 1.89. The number of guanidine groups is 1. The van der Waals surface area contributed by atoms with Crippen LogP contribution < -0.4 is 5.32 Å². The van der Waals surface area contributed by atoms with Gasteiger partial charge in [0, 0.05) is 33.1 Å². The predicted molar refractivity (Wildman–Crippen MR) is 85.5 cm³/mol. The average Bonchev–Trinajstić information content (AvgIpc) is 3.15. The maximum atomic E-state index is 5.37. The molecule has 0 unspecified atom stereocenters. The summed E-state index contributed by atoms with van der Waals surface area (Å²) in [6.45, 7) is 3.22. The second-order valence-corrected chi connectivity index (χ2v) is 6.54. The molecule has 4 heteroatoms. The molecular formula is C17H27N3O. The topological polar surface area (TPSA) is 40.8 Å². The van der Waals surface area contributed by atoms with Gasteiger partial charge in [-0.3, -0.25) is 4.99 Å². The predicted octanol–water partition coefficient (Wildman–Crippen LogP) is 3.05. The highest BCUT2D eigenvalue weighted by Gasteiger charge is 2.39. The highest BCUT2D eigenvalue weighted by atomic mass is 16.3. The number of likely N-dealkylation sites (tertiary alicyclic amines) is 1. The minimum absolute atomic E-state index is 0.580. The first-order chi connectivity index (χ1) is 10.3. The van der Waals surface area contributed by atoms with Gasteiger partial charge in [0.15, 0.2) is 5.96 Å². The number of nitrogens with one attached hydrogen (secondary N) is 1. The summed E-state index contributed by atoms with van der Waals surface area (Å²) in [5.74, 6) is 2.09. The Kier molecular flexibility index (Phi) is 4.51. The maximum absolute atomic E-state index is 5.37. The molecule has 1 aliphatic carbocycles. The van der Waals surface area contributed by atoms with E-state index in [0.29, 0.717) is 5.41 Å². The fourth-order valence-electron chi connectivity index (χ4n) is 3.91. The van der Waals surface area contributed by atoms with Crippen LogP contribution in [-0.4, -0.2) is 37.5 Å². The third-order valence-corrected chi connectivity index (χ3v) is 5.10. The van der Waals surface area contributed by atoms with Gasteiger partial charge < -0.3 is 14.6 Å². The Labute approximate surface area is 127 Å². The van der Waals surface area contributed by atoms with Crippen LogP contribution >= 0.6 is 0 Å². The Hall–Kier alpha value is -1.45. The highest BCUT2D eigenvalue weighted by molar-refractivity contribution is 5.80. The number of hydrogen-bond acceptors (Lipinski definition) is 2. The normalized spacial score (nSPS) is 22.0. The summed E-state index contributed by atoms with van der Waals surface area (Å²) in [5, 5.41) is 3.49. The van der Waals surface area contributed by atoms with Gasteiger partial charge in [-0.2, -0.15) is 0 Å². The molecule has 0 atom stereocenters. The average molecular weight is 289 g/mol. The second-order valence-electron chi connectivity index (χ2n) is 6.54. The molecule has 1 saturated heterocycles. The molecule has 1 saturated carbocycles. The maximum Gasteiger partial charge on any atom is 0.193 e. The van der Waals surface area contributed by atoms with Crippen molar-refractivity contribution in [2.24, 2.45) is 10.4 Å². The molecule has 1 aromatic heterocycles. The fourth-order valence-corrected chi connectivity index (χ4v) is 3.91. The van der Waals surface area contributed by atoms with Crippen molar-refractivity contribution in [2.45, 2.75) is 44.9 Å². The van der Waals surface area contributed by atoms with Crippen molar-refractivity contribution in [3.05, 3.63) is 24.2 Å². The first-order valence-electron chi connectivity index (χ1n) is 8.29. The van der Waals surface area contributed by atoms with E-state index in [1.165, 1.54) is 45.1 Å².